The number of carbonyl (C=O) groups excluding carboxylic acids is 1. The summed E-state index contributed by atoms with van der Waals surface area (Å²) >= 11 is 0.612. The van der Waals surface area contributed by atoms with Gasteiger partial charge in [-0.3, -0.25) is 4.79 Å². The Morgan fingerprint density at radius 1 is 1.29 bits per heavy atom. The van der Waals surface area contributed by atoms with Crippen LogP contribution in [0.2, 0.25) is 0 Å². The third-order valence-corrected chi connectivity index (χ3v) is 3.35. The molecule has 0 atom stereocenters. The second kappa shape index (κ2) is 10.1. The van der Waals surface area contributed by atoms with Crippen LogP contribution in [-0.2, 0) is 9.36 Å². The van der Waals surface area contributed by atoms with E-state index in [1.807, 2.05) is 0 Å². The maximum atomic E-state index is 10.3. The molecule has 6 nitrogen and oxygen atoms in total. The number of hydrogen-bond donors (Lipinski definition) is 4. The normalized spacial score (nSPS) is 10.4. The average Bonchev–Trinajstić information content (AvgIpc) is 2.01. The van der Waals surface area contributed by atoms with Gasteiger partial charge < -0.3 is 20.4 Å². The van der Waals surface area contributed by atoms with Crippen molar-refractivity contribution in [1.29, 1.82) is 0 Å². The van der Waals surface area contributed by atoms with E-state index in [0.29, 0.717) is 43.2 Å². The van der Waals surface area contributed by atoms with Gasteiger partial charge >= 0.3 is 25.7 Å². The van der Waals surface area contributed by atoms with E-state index < -0.39 is 6.80 Å². The van der Waals surface area contributed by atoms with Gasteiger partial charge in [0.25, 0.3) is 0 Å². The van der Waals surface area contributed by atoms with Gasteiger partial charge in [-0.05, 0) is 11.4 Å². The van der Waals surface area contributed by atoms with Crippen molar-refractivity contribution in [2.24, 2.45) is 0 Å². The summed E-state index contributed by atoms with van der Waals surface area (Å²) < 4.78 is 10.3. The molecule has 80 valence electrons. The molecule has 0 unspecified atom stereocenters. The molecule has 0 aromatic rings. The monoisotopic (exact) mass is 236 g/mol. The Kier molecular flexibility index (Phi) is 12.2. The topological polar surface area (TPSA) is 98.7 Å². The van der Waals surface area contributed by atoms with Gasteiger partial charge in [0.15, 0.2) is 0 Å². The Hall–Kier alpha value is 0.527. The minimum absolute atomic E-state index is 0. The molecule has 0 aromatic carbocycles. The van der Waals surface area contributed by atoms with Crippen molar-refractivity contribution in [2.45, 2.75) is 0 Å². The van der Waals surface area contributed by atoms with Crippen molar-refractivity contribution in [3.05, 3.63) is 0 Å². The summed E-state index contributed by atoms with van der Waals surface area (Å²) in [6, 6.07) is 0. The predicted octanol–water partition coefficient (Wildman–Crippen LogP) is -1.50. The van der Waals surface area contributed by atoms with Gasteiger partial charge in [0.05, 0.1) is 0 Å². The van der Waals surface area contributed by atoms with Crippen LogP contribution in [0.15, 0.2) is 0 Å². The third-order valence-electron chi connectivity index (χ3n) is 1.07. The van der Waals surface area contributed by atoms with Gasteiger partial charge in [0, 0.05) is 25.4 Å². The van der Waals surface area contributed by atoms with Gasteiger partial charge in [0.2, 0.25) is 6.41 Å². The minimum atomic E-state index is -3.92. The van der Waals surface area contributed by atoms with E-state index in [-0.39, 0.29) is 18.9 Å². The average molecular weight is 236 g/mol. The van der Waals surface area contributed by atoms with Crippen LogP contribution in [0.5, 0.6) is 0 Å². The first-order valence-corrected chi connectivity index (χ1v) is 6.84. The molecule has 1 amide bonds. The molecule has 0 saturated carbocycles. The zero-order chi connectivity index (χ0) is 10.2. The van der Waals surface area contributed by atoms with Gasteiger partial charge in [-0.25, -0.2) is 4.57 Å². The maximum absolute atomic E-state index is 10.3. The summed E-state index contributed by atoms with van der Waals surface area (Å²) in [5.74, 6) is 0.353. The summed E-state index contributed by atoms with van der Waals surface area (Å²) in [7, 11) is 0. The fraction of sp³-hybridized carbons (Fsp3) is 0.800. The number of nitrogens with one attached hydrogen (secondary N) is 2. The summed E-state index contributed by atoms with van der Waals surface area (Å²) in [4.78, 5) is 26.7. The van der Waals surface area contributed by atoms with Gasteiger partial charge in [-0.15, -0.1) is 0 Å². The van der Waals surface area contributed by atoms with Crippen LogP contribution in [0.3, 0.4) is 0 Å². The quantitative estimate of drug-likeness (QED) is 0.177. The van der Waals surface area contributed by atoms with E-state index in [4.69, 9.17) is 9.79 Å². The molecule has 0 aliphatic rings. The number of carbonyl (C=O) groups is 1. The van der Waals surface area contributed by atoms with Crippen LogP contribution in [0, 0.1) is 0 Å². The standard InChI is InChI=1S/C5H13N2O4PS.Li.H/c8-5-7-2-1-6-3-4-13-12(9,10)11;;/h5-6H,1-4H2,(H,7,8)(H2,9,10,11);;. The van der Waals surface area contributed by atoms with Crippen LogP contribution in [0.4, 0.5) is 0 Å². The SMILES string of the molecule is O=CNCCNCCSP(=O)(O)O.[LiH]. The summed E-state index contributed by atoms with van der Waals surface area (Å²) in [6.07, 6.45) is 0.603. The Morgan fingerprint density at radius 3 is 2.43 bits per heavy atom. The first kappa shape index (κ1) is 16.9. The van der Waals surface area contributed by atoms with E-state index in [1.54, 1.807) is 0 Å². The first-order chi connectivity index (χ1) is 6.06. The van der Waals surface area contributed by atoms with Crippen LogP contribution >= 0.6 is 18.2 Å². The molecule has 9 heteroatoms. The van der Waals surface area contributed by atoms with E-state index in [2.05, 4.69) is 10.6 Å². The fourth-order valence-electron chi connectivity index (χ4n) is 0.581. The molecule has 0 saturated heterocycles. The van der Waals surface area contributed by atoms with Crippen molar-refractivity contribution in [3.63, 3.8) is 0 Å². The fourth-order valence-corrected chi connectivity index (χ4v) is 2.04. The van der Waals surface area contributed by atoms with Gasteiger partial charge in [-0.1, -0.05) is 0 Å². The molecular formula is C5H14LiN2O4PS. The van der Waals surface area contributed by atoms with E-state index in [9.17, 15) is 9.36 Å². The van der Waals surface area contributed by atoms with Crippen molar-refractivity contribution in [1.82, 2.24) is 10.6 Å². The molecule has 0 aliphatic carbocycles. The van der Waals surface area contributed by atoms with Crippen LogP contribution < -0.4 is 10.6 Å². The van der Waals surface area contributed by atoms with E-state index in [0.717, 1.165) is 0 Å². The number of amides is 1. The second-order valence-corrected chi connectivity index (χ2v) is 5.99. The van der Waals surface area contributed by atoms with Crippen molar-refractivity contribution >= 4 is 43.5 Å². The molecule has 14 heavy (non-hydrogen) atoms. The predicted molar refractivity (Wildman–Crippen MR) is 58.6 cm³/mol. The zero-order valence-electron chi connectivity index (χ0n) is 6.97. The molecule has 0 aromatic heterocycles. The Bertz CT molecular complexity index is 191. The zero-order valence-corrected chi connectivity index (χ0v) is 8.68. The van der Waals surface area contributed by atoms with Crippen LogP contribution in [0.1, 0.15) is 0 Å². The van der Waals surface area contributed by atoms with E-state index in [1.165, 1.54) is 0 Å². The van der Waals surface area contributed by atoms with Crippen molar-refractivity contribution < 1.29 is 19.1 Å². The second-order valence-electron chi connectivity index (χ2n) is 2.15. The van der Waals surface area contributed by atoms with E-state index >= 15 is 0 Å². The number of hydrogen-bond acceptors (Lipinski definition) is 4. The summed E-state index contributed by atoms with van der Waals surface area (Å²) in [5, 5.41) is 5.36. The van der Waals surface area contributed by atoms with Crippen molar-refractivity contribution in [2.75, 3.05) is 25.4 Å². The van der Waals surface area contributed by atoms with Gasteiger partial charge in [-0.2, -0.15) is 0 Å². The van der Waals surface area contributed by atoms with Gasteiger partial charge in [0.1, 0.15) is 0 Å². The Morgan fingerprint density at radius 2 is 1.93 bits per heavy atom. The molecule has 0 rings (SSSR count). The van der Waals surface area contributed by atoms with Crippen LogP contribution in [-0.4, -0.2) is 60.4 Å². The molecule has 0 aliphatic heterocycles. The van der Waals surface area contributed by atoms with Crippen LogP contribution in [0.25, 0.3) is 0 Å². The molecule has 0 radical (unpaired) electrons. The number of rotatable bonds is 8. The Balaban J connectivity index is 0. The molecule has 0 bridgehead atoms. The first-order valence-electron chi connectivity index (χ1n) is 3.64. The van der Waals surface area contributed by atoms with Crippen molar-refractivity contribution in [3.8, 4) is 0 Å². The summed E-state index contributed by atoms with van der Waals surface area (Å²) in [5.41, 5.74) is 0. The Labute approximate surface area is 98.7 Å². The molecule has 0 fully saturated rings. The molecule has 0 heterocycles. The molecular weight excluding hydrogens is 222 g/mol. The third kappa shape index (κ3) is 15.0. The summed E-state index contributed by atoms with van der Waals surface area (Å²) in [6.45, 7) is -2.30. The molecule has 0 spiro atoms. The molecule has 4 N–H and O–H groups in total.